The third-order valence-electron chi connectivity index (χ3n) is 2.28. The van der Waals surface area contributed by atoms with E-state index in [0.717, 1.165) is 27.8 Å². The standard InChI is InChI=1S/C13H12Cl2N2/c14-11-3-1-10(2-4-11)9-16-17-13-7-5-12(15)6-8-13/h1-8,16-17H,9H2. The molecule has 0 aliphatic heterocycles. The van der Waals surface area contributed by atoms with Crippen LogP contribution in [0.5, 0.6) is 0 Å². The van der Waals surface area contributed by atoms with E-state index < -0.39 is 0 Å². The summed E-state index contributed by atoms with van der Waals surface area (Å²) >= 11 is 11.6. The van der Waals surface area contributed by atoms with E-state index in [1.54, 1.807) is 0 Å². The molecule has 0 fully saturated rings. The second-order valence-corrected chi connectivity index (χ2v) is 4.48. The molecule has 2 rings (SSSR count). The summed E-state index contributed by atoms with van der Waals surface area (Å²) in [5.41, 5.74) is 8.35. The first-order valence-corrected chi connectivity index (χ1v) is 5.98. The maximum absolute atomic E-state index is 5.81. The van der Waals surface area contributed by atoms with Crippen LogP contribution in [0.2, 0.25) is 10.0 Å². The van der Waals surface area contributed by atoms with Crippen LogP contribution in [0.3, 0.4) is 0 Å². The highest BCUT2D eigenvalue weighted by Gasteiger charge is 1.94. The monoisotopic (exact) mass is 266 g/mol. The maximum atomic E-state index is 5.81. The molecule has 0 saturated heterocycles. The van der Waals surface area contributed by atoms with Crippen molar-refractivity contribution in [2.45, 2.75) is 6.54 Å². The summed E-state index contributed by atoms with van der Waals surface area (Å²) in [5, 5.41) is 1.48. The number of hydrogen-bond acceptors (Lipinski definition) is 2. The molecule has 0 radical (unpaired) electrons. The molecule has 0 heterocycles. The third kappa shape index (κ3) is 3.93. The van der Waals surface area contributed by atoms with E-state index in [0.29, 0.717) is 0 Å². The zero-order valence-electron chi connectivity index (χ0n) is 9.08. The first-order chi connectivity index (χ1) is 8.24. The van der Waals surface area contributed by atoms with Gasteiger partial charge in [0, 0.05) is 22.3 Å². The van der Waals surface area contributed by atoms with E-state index in [4.69, 9.17) is 23.2 Å². The summed E-state index contributed by atoms with van der Waals surface area (Å²) in [6.45, 7) is 0.722. The molecule has 0 aromatic heterocycles. The predicted molar refractivity (Wildman–Crippen MR) is 73.4 cm³/mol. The van der Waals surface area contributed by atoms with Crippen molar-refractivity contribution in [3.63, 3.8) is 0 Å². The van der Waals surface area contributed by atoms with Gasteiger partial charge in [-0.15, -0.1) is 0 Å². The van der Waals surface area contributed by atoms with Crippen LogP contribution in [0.1, 0.15) is 5.56 Å². The fourth-order valence-electron chi connectivity index (χ4n) is 1.38. The van der Waals surface area contributed by atoms with Crippen LogP contribution in [0.25, 0.3) is 0 Å². The third-order valence-corrected chi connectivity index (χ3v) is 2.79. The van der Waals surface area contributed by atoms with E-state index in [1.807, 2.05) is 48.5 Å². The molecule has 0 saturated carbocycles. The van der Waals surface area contributed by atoms with Crippen LogP contribution < -0.4 is 10.9 Å². The van der Waals surface area contributed by atoms with E-state index >= 15 is 0 Å². The van der Waals surface area contributed by atoms with Gasteiger partial charge >= 0.3 is 0 Å². The fraction of sp³-hybridized carbons (Fsp3) is 0.0769. The van der Waals surface area contributed by atoms with E-state index in [2.05, 4.69) is 10.9 Å². The number of nitrogens with one attached hydrogen (secondary N) is 2. The lowest BCUT2D eigenvalue weighted by Crippen LogP contribution is -2.20. The number of benzene rings is 2. The summed E-state index contributed by atoms with van der Waals surface area (Å²) < 4.78 is 0. The zero-order valence-corrected chi connectivity index (χ0v) is 10.6. The predicted octanol–water partition coefficient (Wildman–Crippen LogP) is 4.11. The summed E-state index contributed by atoms with van der Waals surface area (Å²) in [5.74, 6) is 0. The fourth-order valence-corrected chi connectivity index (χ4v) is 1.64. The number of rotatable bonds is 4. The Morgan fingerprint density at radius 3 is 1.88 bits per heavy atom. The van der Waals surface area contributed by atoms with Gasteiger partial charge in [0.2, 0.25) is 0 Å². The molecule has 0 aliphatic rings. The van der Waals surface area contributed by atoms with Gasteiger partial charge in [0.15, 0.2) is 0 Å². The average Bonchev–Trinajstić information content (AvgIpc) is 2.34. The van der Waals surface area contributed by atoms with Crippen molar-refractivity contribution >= 4 is 28.9 Å². The molecule has 0 atom stereocenters. The lowest BCUT2D eigenvalue weighted by atomic mass is 10.2. The highest BCUT2D eigenvalue weighted by Crippen LogP contribution is 2.13. The SMILES string of the molecule is Clc1ccc(CNNc2ccc(Cl)cc2)cc1. The largest absolute Gasteiger partial charge is 0.321 e. The second kappa shape index (κ2) is 5.92. The molecule has 0 spiro atoms. The summed E-state index contributed by atoms with van der Waals surface area (Å²) in [6.07, 6.45) is 0. The molecular weight excluding hydrogens is 255 g/mol. The molecule has 2 aromatic rings. The van der Waals surface area contributed by atoms with Crippen LogP contribution in [-0.2, 0) is 6.54 Å². The lowest BCUT2D eigenvalue weighted by molar-refractivity contribution is 0.801. The lowest BCUT2D eigenvalue weighted by Gasteiger charge is -2.08. The van der Waals surface area contributed by atoms with Crippen molar-refractivity contribution in [2.24, 2.45) is 0 Å². The molecule has 88 valence electrons. The van der Waals surface area contributed by atoms with Gasteiger partial charge < -0.3 is 5.43 Å². The van der Waals surface area contributed by atoms with Gasteiger partial charge in [-0.1, -0.05) is 35.3 Å². The smallest absolute Gasteiger partial charge is 0.0488 e. The topological polar surface area (TPSA) is 24.1 Å². The van der Waals surface area contributed by atoms with Crippen LogP contribution in [0.15, 0.2) is 48.5 Å². The zero-order chi connectivity index (χ0) is 12.1. The molecule has 0 amide bonds. The van der Waals surface area contributed by atoms with Crippen molar-refractivity contribution < 1.29 is 0 Å². The maximum Gasteiger partial charge on any atom is 0.0488 e. The molecule has 17 heavy (non-hydrogen) atoms. The van der Waals surface area contributed by atoms with Gasteiger partial charge in [-0.3, -0.25) is 0 Å². The average molecular weight is 267 g/mol. The highest BCUT2D eigenvalue weighted by molar-refractivity contribution is 6.30. The Hall–Kier alpha value is -1.22. The quantitative estimate of drug-likeness (QED) is 0.814. The normalized spacial score (nSPS) is 10.2. The molecule has 0 bridgehead atoms. The van der Waals surface area contributed by atoms with Gasteiger partial charge in [0.05, 0.1) is 0 Å². The van der Waals surface area contributed by atoms with Gasteiger partial charge in [-0.25, -0.2) is 5.43 Å². The summed E-state index contributed by atoms with van der Waals surface area (Å²) in [6, 6.07) is 15.2. The van der Waals surface area contributed by atoms with E-state index in [-0.39, 0.29) is 0 Å². The van der Waals surface area contributed by atoms with Crippen molar-refractivity contribution in [3.05, 3.63) is 64.1 Å². The van der Waals surface area contributed by atoms with Crippen molar-refractivity contribution in [2.75, 3.05) is 5.43 Å². The van der Waals surface area contributed by atoms with Crippen molar-refractivity contribution in [1.29, 1.82) is 0 Å². The Balaban J connectivity index is 1.83. The Morgan fingerprint density at radius 2 is 1.29 bits per heavy atom. The van der Waals surface area contributed by atoms with Crippen LogP contribution in [-0.4, -0.2) is 0 Å². The molecular formula is C13H12Cl2N2. The Kier molecular flexibility index (Phi) is 4.26. The summed E-state index contributed by atoms with van der Waals surface area (Å²) in [4.78, 5) is 0. The molecule has 0 aliphatic carbocycles. The first kappa shape index (κ1) is 12.2. The minimum atomic E-state index is 0.722. The molecule has 2 aromatic carbocycles. The van der Waals surface area contributed by atoms with Crippen LogP contribution in [0, 0.1) is 0 Å². The van der Waals surface area contributed by atoms with Crippen LogP contribution >= 0.6 is 23.2 Å². The van der Waals surface area contributed by atoms with Gasteiger partial charge in [0.25, 0.3) is 0 Å². The highest BCUT2D eigenvalue weighted by atomic mass is 35.5. The summed E-state index contributed by atoms with van der Waals surface area (Å²) in [7, 11) is 0. The van der Waals surface area contributed by atoms with E-state index in [1.165, 1.54) is 0 Å². The van der Waals surface area contributed by atoms with Crippen molar-refractivity contribution in [1.82, 2.24) is 5.43 Å². The molecule has 2 nitrogen and oxygen atoms in total. The molecule has 2 N–H and O–H groups in total. The van der Waals surface area contributed by atoms with Gasteiger partial charge in [-0.2, -0.15) is 0 Å². The van der Waals surface area contributed by atoms with Crippen molar-refractivity contribution in [3.8, 4) is 0 Å². The van der Waals surface area contributed by atoms with Gasteiger partial charge in [-0.05, 0) is 42.0 Å². The number of hydrazine groups is 1. The van der Waals surface area contributed by atoms with E-state index in [9.17, 15) is 0 Å². The van der Waals surface area contributed by atoms with Crippen LogP contribution in [0.4, 0.5) is 5.69 Å². The minimum Gasteiger partial charge on any atom is -0.321 e. The second-order valence-electron chi connectivity index (χ2n) is 3.61. The molecule has 0 unspecified atom stereocenters. The Morgan fingerprint density at radius 1 is 0.765 bits per heavy atom. The minimum absolute atomic E-state index is 0.722. The molecule has 4 heteroatoms. The Labute approximate surface area is 111 Å². The number of hydrogen-bond donors (Lipinski definition) is 2. The number of halogens is 2. The first-order valence-electron chi connectivity index (χ1n) is 5.23. The number of anilines is 1. The Bertz CT molecular complexity index is 420. The van der Waals surface area contributed by atoms with Gasteiger partial charge in [0.1, 0.15) is 0 Å².